The zero-order chi connectivity index (χ0) is 45.5. The van der Waals surface area contributed by atoms with Crippen molar-refractivity contribution in [3.8, 4) is 28.1 Å². The van der Waals surface area contributed by atoms with Crippen LogP contribution in [0.4, 0.5) is 9.59 Å². The monoisotopic (exact) mass is 882 g/mol. The van der Waals surface area contributed by atoms with Crippen molar-refractivity contribution in [1.29, 1.82) is 0 Å². The van der Waals surface area contributed by atoms with Crippen LogP contribution >= 0.6 is 0 Å². The van der Waals surface area contributed by atoms with Gasteiger partial charge in [-0.1, -0.05) is 69.3 Å². The fraction of sp³-hybridized carbons (Fsp3) is 0.388. The number of hydrogen-bond donors (Lipinski definition) is 4. The van der Waals surface area contributed by atoms with Gasteiger partial charge in [0.25, 0.3) is 0 Å². The number of aromatic nitrogens is 4. The Hall–Kier alpha value is -6.94. The molecule has 1 saturated carbocycles. The molecule has 3 aliphatic rings. The van der Waals surface area contributed by atoms with Crippen LogP contribution in [0.15, 0.2) is 79.0 Å². The van der Waals surface area contributed by atoms with Crippen LogP contribution in [0.3, 0.4) is 0 Å². The van der Waals surface area contributed by atoms with Gasteiger partial charge in [-0.25, -0.2) is 19.6 Å². The van der Waals surface area contributed by atoms with Gasteiger partial charge in [-0.15, -0.1) is 0 Å². The predicted octanol–water partition coefficient (Wildman–Crippen LogP) is 7.42. The summed E-state index contributed by atoms with van der Waals surface area (Å²) in [5, 5.41) is 7.36. The van der Waals surface area contributed by atoms with E-state index in [9.17, 15) is 19.2 Å². The topological polar surface area (TPSA) is 193 Å². The molecule has 0 bridgehead atoms. The first-order chi connectivity index (χ1) is 31.4. The van der Waals surface area contributed by atoms with Crippen LogP contribution in [0.25, 0.3) is 44.2 Å². The number of H-pyrrole nitrogens is 2. The summed E-state index contributed by atoms with van der Waals surface area (Å²) in [5.74, 6) is 1.94. The predicted molar refractivity (Wildman–Crippen MR) is 242 cm³/mol. The van der Waals surface area contributed by atoms with Crippen molar-refractivity contribution in [3.05, 3.63) is 102 Å². The van der Waals surface area contributed by atoms with Gasteiger partial charge in [-0.05, 0) is 82.5 Å². The molecule has 2 fully saturated rings. The van der Waals surface area contributed by atoms with E-state index in [1.807, 2.05) is 62.2 Å². The van der Waals surface area contributed by atoms with Crippen LogP contribution in [-0.2, 0) is 37.0 Å². The third kappa shape index (κ3) is 8.57. The Morgan fingerprint density at radius 3 is 2.45 bits per heavy atom. The number of carbonyl (C=O) groups is 4. The second kappa shape index (κ2) is 17.9. The lowest BCUT2D eigenvalue weighted by atomic mass is 9.92. The Kier molecular flexibility index (Phi) is 11.9. The smallest absolute Gasteiger partial charge is 0.407 e. The van der Waals surface area contributed by atoms with Gasteiger partial charge in [-0.2, -0.15) is 0 Å². The Balaban J connectivity index is 0.963. The number of piperidine rings is 1. The summed E-state index contributed by atoms with van der Waals surface area (Å²) in [4.78, 5) is 73.2. The maximum Gasteiger partial charge on any atom is 0.407 e. The third-order valence-electron chi connectivity index (χ3n) is 12.8. The van der Waals surface area contributed by atoms with Crippen molar-refractivity contribution in [3.63, 3.8) is 0 Å². The molecule has 2 aromatic heterocycles. The third-order valence-corrected chi connectivity index (χ3v) is 12.8. The van der Waals surface area contributed by atoms with E-state index in [0.717, 1.165) is 74.2 Å². The number of alkyl carbamates (subject to hydrolysis) is 2. The number of fused-ring (bicyclic) bond motifs is 7. The standard InChI is InChI=1S/C49H54N8O8/c1-26(2)42(54-48(60)63-5)47(59)57-38-18-31(38)19-39(57)45-50-21-37(52-45)30-12-14-33-32(16-30)25-65-40-20-34-29(17-35(33)40)13-15-36-44(34)53-41(51-36)23-56(22-27(3)24-62-4)46(58)43(55-49(61)64-6)28-10-8-7-9-11-28/h7-17,20-21,26-27,31,38-39,42-43H,18-19,22-25H2,1-6H3,(H,50,52)(H,51,53)(H,54,60)(H,55,61)/t27-,31?,38+,39-,42-,43+/m0/s1. The van der Waals surface area contributed by atoms with Crippen molar-refractivity contribution < 1.29 is 38.1 Å². The molecule has 1 saturated heterocycles. The molecule has 0 spiro atoms. The number of nitrogens with one attached hydrogen (secondary N) is 4. The highest BCUT2D eigenvalue weighted by Crippen LogP contribution is 2.53. The second-order valence-corrected chi connectivity index (χ2v) is 17.7. The number of hydrogen-bond acceptors (Lipinski definition) is 10. The largest absolute Gasteiger partial charge is 0.488 e. The Morgan fingerprint density at radius 2 is 1.69 bits per heavy atom. The fourth-order valence-electron chi connectivity index (χ4n) is 9.53. The van der Waals surface area contributed by atoms with Crippen molar-refractivity contribution in [2.24, 2.45) is 17.8 Å². The van der Waals surface area contributed by atoms with Crippen LogP contribution < -0.4 is 15.4 Å². The summed E-state index contributed by atoms with van der Waals surface area (Å²) in [6.45, 7) is 7.16. The zero-order valence-corrected chi connectivity index (χ0v) is 37.3. The molecule has 6 aromatic rings. The summed E-state index contributed by atoms with van der Waals surface area (Å²) in [6.07, 6.45) is 2.26. The molecule has 338 valence electrons. The number of ether oxygens (including phenoxy) is 4. The molecule has 9 rings (SSSR count). The molecule has 16 heteroatoms. The van der Waals surface area contributed by atoms with E-state index < -0.39 is 24.3 Å². The van der Waals surface area contributed by atoms with Crippen molar-refractivity contribution in [2.45, 2.75) is 70.9 Å². The number of benzene rings is 4. The number of imidazole rings is 2. The SMILES string of the molecule is COC[C@@H](C)CN(Cc1nc2c(ccc3cc4c(cc32)OCc2cc(-c3cnc([C@@H]5CC6C[C@H]6N5C(=O)[C@@H](NC(=O)OC)C(C)C)[nH]3)ccc2-4)[nH]1)C(=O)[C@H](NC(=O)OC)c1ccccc1. The summed E-state index contributed by atoms with van der Waals surface area (Å²) >= 11 is 0. The van der Waals surface area contributed by atoms with Crippen LogP contribution in [0.2, 0.25) is 0 Å². The molecule has 4 aromatic carbocycles. The van der Waals surface area contributed by atoms with Gasteiger partial charge in [0.2, 0.25) is 11.8 Å². The summed E-state index contributed by atoms with van der Waals surface area (Å²) in [5.41, 5.74) is 7.07. The number of nitrogens with zero attached hydrogens (tertiary/aromatic N) is 4. The van der Waals surface area contributed by atoms with E-state index in [4.69, 9.17) is 28.9 Å². The summed E-state index contributed by atoms with van der Waals surface area (Å²) in [7, 11) is 4.20. The lowest BCUT2D eigenvalue weighted by Gasteiger charge is -2.31. The van der Waals surface area contributed by atoms with Crippen LogP contribution in [-0.4, -0.2) is 100 Å². The lowest BCUT2D eigenvalue weighted by molar-refractivity contribution is -0.137. The van der Waals surface area contributed by atoms with Crippen molar-refractivity contribution in [1.82, 2.24) is 40.4 Å². The molecule has 2 aliphatic heterocycles. The molecular weight excluding hydrogens is 829 g/mol. The first-order valence-electron chi connectivity index (χ1n) is 22.0. The summed E-state index contributed by atoms with van der Waals surface area (Å²) < 4.78 is 21.6. The number of aromatic amines is 2. The highest BCUT2D eigenvalue weighted by molar-refractivity contribution is 6.07. The normalized spacial score (nSPS) is 18.5. The lowest BCUT2D eigenvalue weighted by Crippen LogP contribution is -2.52. The van der Waals surface area contributed by atoms with Crippen LogP contribution in [0.1, 0.15) is 68.5 Å². The minimum atomic E-state index is -0.976. The van der Waals surface area contributed by atoms with Gasteiger partial charge in [0.15, 0.2) is 0 Å². The van der Waals surface area contributed by atoms with Gasteiger partial charge >= 0.3 is 12.2 Å². The van der Waals surface area contributed by atoms with Crippen LogP contribution in [0.5, 0.6) is 5.75 Å². The number of rotatable bonds is 14. The zero-order valence-electron chi connectivity index (χ0n) is 37.3. The van der Waals surface area contributed by atoms with E-state index in [2.05, 4.69) is 50.9 Å². The van der Waals surface area contributed by atoms with E-state index in [0.29, 0.717) is 37.1 Å². The molecule has 1 unspecified atom stereocenters. The van der Waals surface area contributed by atoms with Gasteiger partial charge in [0, 0.05) is 30.6 Å². The molecule has 6 atom stereocenters. The molecule has 65 heavy (non-hydrogen) atoms. The first kappa shape index (κ1) is 43.3. The highest BCUT2D eigenvalue weighted by atomic mass is 16.5. The molecule has 4 amide bonds. The quantitative estimate of drug-likeness (QED) is 0.0856. The first-order valence-corrected chi connectivity index (χ1v) is 22.0. The van der Waals surface area contributed by atoms with E-state index in [1.54, 1.807) is 24.1 Å². The highest BCUT2D eigenvalue weighted by Gasteiger charge is 2.56. The van der Waals surface area contributed by atoms with E-state index in [-0.39, 0.29) is 42.3 Å². The molecule has 0 radical (unpaired) electrons. The molecular formula is C49H54N8O8. The minimum Gasteiger partial charge on any atom is -0.488 e. The van der Waals surface area contributed by atoms with E-state index >= 15 is 0 Å². The van der Waals surface area contributed by atoms with Gasteiger partial charge in [-0.3, -0.25) is 9.59 Å². The Morgan fingerprint density at radius 1 is 0.908 bits per heavy atom. The molecule has 1 aliphatic carbocycles. The second-order valence-electron chi connectivity index (χ2n) is 17.7. The summed E-state index contributed by atoms with van der Waals surface area (Å²) in [6, 6.07) is 21.9. The Labute approximate surface area is 376 Å². The van der Waals surface area contributed by atoms with Crippen LogP contribution in [0, 0.1) is 17.8 Å². The average molecular weight is 883 g/mol. The average Bonchev–Trinajstić information content (AvgIpc) is 3.61. The van der Waals surface area contributed by atoms with Crippen molar-refractivity contribution in [2.75, 3.05) is 34.5 Å². The number of amides is 4. The van der Waals surface area contributed by atoms with Gasteiger partial charge in [0.1, 0.15) is 36.1 Å². The number of methoxy groups -OCH3 is 3. The minimum absolute atomic E-state index is 0.00394. The molecule has 16 nitrogen and oxygen atoms in total. The molecule has 4 N–H and O–H groups in total. The maximum absolute atomic E-state index is 14.3. The number of carbonyl (C=O) groups excluding carboxylic acids is 4. The van der Waals surface area contributed by atoms with Crippen molar-refractivity contribution >= 4 is 45.8 Å². The fourth-order valence-corrected chi connectivity index (χ4v) is 9.53. The maximum atomic E-state index is 14.3. The Bertz CT molecular complexity index is 2770. The number of likely N-dealkylation sites (tertiary alicyclic amines) is 1. The molecule has 4 heterocycles. The van der Waals surface area contributed by atoms with Gasteiger partial charge in [0.05, 0.1) is 56.3 Å². The van der Waals surface area contributed by atoms with Gasteiger partial charge < -0.3 is 49.3 Å². The van der Waals surface area contributed by atoms with E-state index in [1.165, 1.54) is 14.2 Å².